The first-order valence-corrected chi connectivity index (χ1v) is 8.93. The number of alkyl carbamates (subject to hydrolysis) is 1. The second-order valence-electron chi connectivity index (χ2n) is 5.54. The summed E-state index contributed by atoms with van der Waals surface area (Å²) in [6.07, 6.45) is 0.859. The Balaban J connectivity index is 2.02. The van der Waals surface area contributed by atoms with Crippen molar-refractivity contribution in [2.24, 2.45) is 5.92 Å². The molecule has 24 heavy (non-hydrogen) atoms. The minimum absolute atomic E-state index is 0.0643. The zero-order chi connectivity index (χ0) is 17.9. The molecule has 0 aliphatic carbocycles. The van der Waals surface area contributed by atoms with Crippen LogP contribution in [0.15, 0.2) is 34.1 Å². The number of nitrogens with one attached hydrogen (secondary N) is 1. The molecule has 0 saturated carbocycles. The third-order valence-corrected chi connectivity index (χ3v) is 5.82. The molecule has 1 amide bonds. The van der Waals surface area contributed by atoms with Gasteiger partial charge in [-0.3, -0.25) is 4.79 Å². The third-order valence-electron chi connectivity index (χ3n) is 3.95. The minimum atomic E-state index is -3.69. The van der Waals surface area contributed by atoms with Crippen LogP contribution in [0.4, 0.5) is 9.18 Å². The lowest BCUT2D eigenvalue weighted by Gasteiger charge is -2.19. The van der Waals surface area contributed by atoms with E-state index in [0.717, 1.165) is 0 Å². The second kappa shape index (κ2) is 7.12. The van der Waals surface area contributed by atoms with Gasteiger partial charge in [-0.1, -0.05) is 38.5 Å². The highest BCUT2D eigenvalue weighted by Gasteiger charge is 2.31. The van der Waals surface area contributed by atoms with E-state index in [1.165, 1.54) is 12.1 Å². The lowest BCUT2D eigenvalue weighted by molar-refractivity contribution is -0.132. The summed E-state index contributed by atoms with van der Waals surface area (Å²) in [5, 5.41) is 2.13. The fraction of sp³-hybridized carbons (Fsp3) is 0.375. The second-order valence-corrected chi connectivity index (χ2v) is 7.51. The van der Waals surface area contributed by atoms with Crippen molar-refractivity contribution in [3.63, 3.8) is 0 Å². The van der Waals surface area contributed by atoms with Crippen molar-refractivity contribution in [2.45, 2.75) is 31.2 Å². The van der Waals surface area contributed by atoms with E-state index < -0.39 is 40.5 Å². The number of carbonyl (C=O) groups excluding carboxylic acids is 2. The normalized spacial score (nSPS) is 17.4. The Bertz CT molecular complexity index is 787. The molecule has 0 aromatic heterocycles. The molecular formula is C16H18FNO5S. The number of benzene rings is 1. The molecule has 0 fully saturated rings. The van der Waals surface area contributed by atoms with Gasteiger partial charge in [0.2, 0.25) is 9.84 Å². The van der Waals surface area contributed by atoms with Crippen LogP contribution < -0.4 is 5.32 Å². The van der Waals surface area contributed by atoms with Crippen LogP contribution >= 0.6 is 0 Å². The highest BCUT2D eigenvalue weighted by molar-refractivity contribution is 7.95. The van der Waals surface area contributed by atoms with E-state index in [1.54, 1.807) is 32.0 Å². The highest BCUT2D eigenvalue weighted by Crippen LogP contribution is 2.32. The summed E-state index contributed by atoms with van der Waals surface area (Å²) in [4.78, 5) is 22.8. The molecule has 130 valence electrons. The number of hydrogen-bond donors (Lipinski definition) is 1. The van der Waals surface area contributed by atoms with Gasteiger partial charge in [0.15, 0.2) is 0 Å². The summed E-state index contributed by atoms with van der Waals surface area (Å²) in [5.41, 5.74) is 0.521. The number of carbonyl (C=O) groups is 2. The van der Waals surface area contributed by atoms with Gasteiger partial charge in [-0.2, -0.15) is 4.39 Å². The lowest BCUT2D eigenvalue weighted by Crippen LogP contribution is -2.44. The first kappa shape index (κ1) is 18.1. The van der Waals surface area contributed by atoms with Gasteiger partial charge >= 0.3 is 12.1 Å². The summed E-state index contributed by atoms with van der Waals surface area (Å²) < 4.78 is 42.4. The van der Waals surface area contributed by atoms with Crippen LogP contribution in [0.1, 0.15) is 25.8 Å². The van der Waals surface area contributed by atoms with Crippen LogP contribution in [0, 0.1) is 5.92 Å². The Morgan fingerprint density at radius 3 is 2.54 bits per heavy atom. The number of ether oxygens (including phenoxy) is 1. The number of sulfone groups is 1. The van der Waals surface area contributed by atoms with Crippen LogP contribution in [0.25, 0.3) is 6.08 Å². The van der Waals surface area contributed by atoms with Crippen LogP contribution in [0.3, 0.4) is 0 Å². The topological polar surface area (TPSA) is 89.5 Å². The van der Waals surface area contributed by atoms with Gasteiger partial charge in [0.1, 0.15) is 12.6 Å². The summed E-state index contributed by atoms with van der Waals surface area (Å²) in [6, 6.07) is 3.43. The molecule has 0 saturated heterocycles. The minimum Gasteiger partial charge on any atom is -0.444 e. The molecule has 1 aromatic carbocycles. The molecule has 1 heterocycles. The van der Waals surface area contributed by atoms with Crippen molar-refractivity contribution in [1.29, 1.82) is 0 Å². The number of fused-ring (bicyclic) bond motifs is 1. The molecule has 1 aromatic rings. The predicted octanol–water partition coefficient (Wildman–Crippen LogP) is 2.45. The lowest BCUT2D eigenvalue weighted by atomic mass is 10.0. The fourth-order valence-electron chi connectivity index (χ4n) is 2.32. The van der Waals surface area contributed by atoms with Crippen molar-refractivity contribution in [1.82, 2.24) is 5.32 Å². The van der Waals surface area contributed by atoms with Gasteiger partial charge in [-0.15, -0.1) is 0 Å². The summed E-state index contributed by atoms with van der Waals surface area (Å²) >= 11 is 0. The van der Waals surface area contributed by atoms with E-state index in [0.29, 0.717) is 12.0 Å². The Hall–Kier alpha value is -2.22. The molecule has 2 atom stereocenters. The molecule has 0 radical (unpaired) electrons. The number of amides is 1. The Labute approximate surface area is 139 Å². The molecule has 0 bridgehead atoms. The van der Waals surface area contributed by atoms with Gasteiger partial charge < -0.3 is 10.1 Å². The zero-order valence-electron chi connectivity index (χ0n) is 13.3. The predicted molar refractivity (Wildman–Crippen MR) is 85.4 cm³/mol. The van der Waals surface area contributed by atoms with Gasteiger partial charge in [-0.25, -0.2) is 13.2 Å². The summed E-state index contributed by atoms with van der Waals surface area (Å²) in [5.74, 6) is -0.409. The van der Waals surface area contributed by atoms with Gasteiger partial charge in [0, 0.05) is 0 Å². The molecule has 6 nitrogen and oxygen atoms in total. The first-order valence-electron chi connectivity index (χ1n) is 7.44. The Morgan fingerprint density at radius 1 is 1.29 bits per heavy atom. The van der Waals surface area contributed by atoms with Crippen molar-refractivity contribution in [3.05, 3.63) is 34.7 Å². The zero-order valence-corrected chi connectivity index (χ0v) is 14.1. The monoisotopic (exact) mass is 355 g/mol. The van der Waals surface area contributed by atoms with Crippen molar-refractivity contribution in [3.8, 4) is 0 Å². The van der Waals surface area contributed by atoms with Crippen LogP contribution in [-0.4, -0.2) is 33.2 Å². The average molecular weight is 355 g/mol. The van der Waals surface area contributed by atoms with Gasteiger partial charge in [0.05, 0.1) is 9.80 Å². The number of hydrogen-bond acceptors (Lipinski definition) is 5. The SMILES string of the molecule is CC[C@H](C)[C@H](NC(=O)OCC1=Cc2ccccc2S1(=O)=O)C(=O)F. The van der Waals surface area contributed by atoms with E-state index in [4.69, 9.17) is 4.74 Å². The van der Waals surface area contributed by atoms with E-state index >= 15 is 0 Å². The number of halogens is 1. The van der Waals surface area contributed by atoms with Crippen LogP contribution in [-0.2, 0) is 19.4 Å². The molecular weight excluding hydrogens is 337 g/mol. The standard InChI is InChI=1S/C16H18FNO5S/c1-3-10(2)14(15(17)19)18-16(20)23-9-12-8-11-6-4-5-7-13(11)24(12,21)22/h4-8,10,14H,3,9H2,1-2H3,(H,18,20)/t10-,14-/m0/s1. The van der Waals surface area contributed by atoms with Gasteiger partial charge in [0.25, 0.3) is 0 Å². The summed E-state index contributed by atoms with van der Waals surface area (Å²) in [6.45, 7) is 2.88. The molecule has 1 aliphatic rings. The Kier molecular flexibility index (Phi) is 5.38. The first-order chi connectivity index (χ1) is 11.3. The molecule has 1 N–H and O–H groups in total. The largest absolute Gasteiger partial charge is 0.444 e. The maximum Gasteiger partial charge on any atom is 0.408 e. The van der Waals surface area contributed by atoms with Gasteiger partial charge in [-0.05, 0) is 23.6 Å². The summed E-state index contributed by atoms with van der Waals surface area (Å²) in [7, 11) is -3.69. The smallest absolute Gasteiger partial charge is 0.408 e. The van der Waals surface area contributed by atoms with Crippen LogP contribution in [0.2, 0.25) is 0 Å². The van der Waals surface area contributed by atoms with E-state index in [1.807, 2.05) is 0 Å². The third kappa shape index (κ3) is 3.64. The average Bonchev–Trinajstić information content (AvgIpc) is 2.80. The Morgan fingerprint density at radius 2 is 1.96 bits per heavy atom. The molecule has 1 aliphatic heterocycles. The number of rotatable bonds is 6. The maximum atomic E-state index is 13.0. The van der Waals surface area contributed by atoms with Crippen molar-refractivity contribution < 1.29 is 27.1 Å². The van der Waals surface area contributed by atoms with E-state index in [9.17, 15) is 22.4 Å². The highest BCUT2D eigenvalue weighted by atomic mass is 32.2. The van der Waals surface area contributed by atoms with Crippen molar-refractivity contribution in [2.75, 3.05) is 6.61 Å². The van der Waals surface area contributed by atoms with E-state index in [-0.39, 0.29) is 9.80 Å². The van der Waals surface area contributed by atoms with Crippen molar-refractivity contribution >= 4 is 28.0 Å². The maximum absolute atomic E-state index is 13.0. The molecule has 0 unspecified atom stereocenters. The van der Waals surface area contributed by atoms with E-state index in [2.05, 4.69) is 5.32 Å². The fourth-order valence-corrected chi connectivity index (χ4v) is 3.79. The molecule has 2 rings (SSSR count). The van der Waals surface area contributed by atoms with Crippen LogP contribution in [0.5, 0.6) is 0 Å². The quantitative estimate of drug-likeness (QED) is 0.792. The molecule has 0 spiro atoms. The molecule has 8 heteroatoms.